The van der Waals surface area contributed by atoms with Gasteiger partial charge in [0, 0.05) is 30.9 Å². The average Bonchev–Trinajstić information content (AvgIpc) is 2.65. The van der Waals surface area contributed by atoms with Gasteiger partial charge in [0.2, 0.25) is 11.8 Å². The standard InChI is InChI=1S/C17H33N5O4S2/c1-20-12(9-27)15(24)5-7-21-11(8-16(19)25)17(26)22-13(10-28)14(23)4-2-3-6-18/h11-13,20-21,27-28H,2-10,18H2,1H3,(H2,19,25)(H,22,26)/t11-,12?,13?/m0/s1. The Bertz CT molecular complexity index is 518. The van der Waals surface area contributed by atoms with Crippen molar-refractivity contribution in [2.75, 3.05) is 31.6 Å². The zero-order valence-electron chi connectivity index (χ0n) is 16.3. The molecule has 162 valence electrons. The van der Waals surface area contributed by atoms with Gasteiger partial charge in [-0.1, -0.05) is 0 Å². The molecular weight excluding hydrogens is 402 g/mol. The monoisotopic (exact) mass is 435 g/mol. The number of rotatable bonds is 17. The van der Waals surface area contributed by atoms with Crippen molar-refractivity contribution in [3.8, 4) is 0 Å². The van der Waals surface area contributed by atoms with Crippen LogP contribution in [0, 0.1) is 0 Å². The fourth-order valence-electron chi connectivity index (χ4n) is 2.47. The molecule has 11 heteroatoms. The van der Waals surface area contributed by atoms with Crippen molar-refractivity contribution in [3.05, 3.63) is 0 Å². The second kappa shape index (κ2) is 15.7. The first-order valence-electron chi connectivity index (χ1n) is 9.27. The van der Waals surface area contributed by atoms with Crippen molar-refractivity contribution in [3.63, 3.8) is 0 Å². The van der Waals surface area contributed by atoms with Crippen LogP contribution in [0.15, 0.2) is 0 Å². The fourth-order valence-corrected chi connectivity index (χ4v) is 3.16. The molecule has 3 atom stereocenters. The first-order chi connectivity index (χ1) is 13.3. The van der Waals surface area contributed by atoms with Crippen molar-refractivity contribution in [2.45, 2.75) is 50.2 Å². The van der Waals surface area contributed by atoms with Crippen LogP contribution in [0.4, 0.5) is 0 Å². The van der Waals surface area contributed by atoms with Gasteiger partial charge >= 0.3 is 0 Å². The third-order valence-electron chi connectivity index (χ3n) is 4.17. The van der Waals surface area contributed by atoms with Crippen molar-refractivity contribution in [2.24, 2.45) is 11.5 Å². The Morgan fingerprint density at radius 1 is 0.929 bits per heavy atom. The van der Waals surface area contributed by atoms with Crippen LogP contribution in [-0.2, 0) is 19.2 Å². The van der Waals surface area contributed by atoms with Crippen molar-refractivity contribution < 1.29 is 19.2 Å². The predicted molar refractivity (Wildman–Crippen MR) is 116 cm³/mol. The Balaban J connectivity index is 4.75. The number of ketones is 2. The molecule has 2 amide bonds. The maximum Gasteiger partial charge on any atom is 0.238 e. The molecule has 0 heterocycles. The number of amides is 2. The molecule has 0 aromatic heterocycles. The largest absolute Gasteiger partial charge is 0.370 e. The molecule has 0 aromatic carbocycles. The molecule has 0 fully saturated rings. The minimum absolute atomic E-state index is 0.0634. The Kier molecular flexibility index (Phi) is 15.1. The number of hydrogen-bond donors (Lipinski definition) is 7. The van der Waals surface area contributed by atoms with Crippen molar-refractivity contribution in [1.29, 1.82) is 0 Å². The lowest BCUT2D eigenvalue weighted by atomic mass is 10.1. The van der Waals surface area contributed by atoms with E-state index in [0.29, 0.717) is 25.1 Å². The molecule has 0 spiro atoms. The predicted octanol–water partition coefficient (Wildman–Crippen LogP) is -1.59. The second-order valence-electron chi connectivity index (χ2n) is 6.37. The molecule has 0 aliphatic rings. The Morgan fingerprint density at radius 2 is 1.54 bits per heavy atom. The van der Waals surface area contributed by atoms with Gasteiger partial charge in [-0.15, -0.1) is 0 Å². The third kappa shape index (κ3) is 11.0. The zero-order valence-corrected chi connectivity index (χ0v) is 18.1. The highest BCUT2D eigenvalue weighted by atomic mass is 32.1. The summed E-state index contributed by atoms with van der Waals surface area (Å²) >= 11 is 8.22. The quantitative estimate of drug-likeness (QED) is 0.107. The first-order valence-corrected chi connectivity index (χ1v) is 10.5. The van der Waals surface area contributed by atoms with E-state index in [9.17, 15) is 19.2 Å². The summed E-state index contributed by atoms with van der Waals surface area (Å²) in [7, 11) is 1.66. The molecule has 0 rings (SSSR count). The van der Waals surface area contributed by atoms with Crippen molar-refractivity contribution in [1.82, 2.24) is 16.0 Å². The molecule has 0 aromatic rings. The van der Waals surface area contributed by atoms with Crippen LogP contribution in [0.25, 0.3) is 0 Å². The van der Waals surface area contributed by atoms with E-state index in [1.165, 1.54) is 0 Å². The lowest BCUT2D eigenvalue weighted by molar-refractivity contribution is -0.130. The van der Waals surface area contributed by atoms with Gasteiger partial charge in [-0.25, -0.2) is 0 Å². The Morgan fingerprint density at radius 3 is 2.04 bits per heavy atom. The number of likely N-dealkylation sites (N-methyl/N-ethyl adjacent to an activating group) is 1. The maximum absolute atomic E-state index is 12.5. The van der Waals surface area contributed by atoms with Gasteiger partial charge in [0.25, 0.3) is 0 Å². The number of thiol groups is 2. The van der Waals surface area contributed by atoms with Crippen LogP contribution in [-0.4, -0.2) is 73.1 Å². The van der Waals surface area contributed by atoms with E-state index in [-0.39, 0.29) is 42.7 Å². The molecule has 28 heavy (non-hydrogen) atoms. The molecular formula is C17H33N5O4S2. The summed E-state index contributed by atoms with van der Waals surface area (Å²) < 4.78 is 0. The molecule has 0 radical (unpaired) electrons. The molecule has 0 aliphatic carbocycles. The number of unbranched alkanes of at least 4 members (excludes halogenated alkanes) is 1. The second-order valence-corrected chi connectivity index (χ2v) is 7.10. The van der Waals surface area contributed by atoms with Gasteiger partial charge in [-0.3, -0.25) is 19.2 Å². The first kappa shape index (κ1) is 26.9. The smallest absolute Gasteiger partial charge is 0.238 e. The lowest BCUT2D eigenvalue weighted by Gasteiger charge is -2.21. The number of nitrogens with two attached hydrogens (primary N) is 2. The van der Waals surface area contributed by atoms with E-state index < -0.39 is 23.9 Å². The van der Waals surface area contributed by atoms with Gasteiger partial charge in [0.05, 0.1) is 24.5 Å². The van der Waals surface area contributed by atoms with Crippen LogP contribution in [0.1, 0.15) is 32.1 Å². The van der Waals surface area contributed by atoms with Crippen LogP contribution < -0.4 is 27.4 Å². The topological polar surface area (TPSA) is 156 Å². The summed E-state index contributed by atoms with van der Waals surface area (Å²) in [6.45, 7) is 0.683. The van der Waals surface area contributed by atoms with Gasteiger partial charge in [-0.2, -0.15) is 25.3 Å². The van der Waals surface area contributed by atoms with E-state index in [1.807, 2.05) is 0 Å². The van der Waals surface area contributed by atoms with Crippen molar-refractivity contribution >= 4 is 48.6 Å². The molecule has 0 aliphatic heterocycles. The number of carbonyl (C=O) groups excluding carboxylic acids is 4. The third-order valence-corrected chi connectivity index (χ3v) is 4.90. The fraction of sp³-hybridized carbons (Fsp3) is 0.765. The molecule has 0 bridgehead atoms. The number of hydrogen-bond acceptors (Lipinski definition) is 9. The summed E-state index contributed by atoms with van der Waals surface area (Å²) in [6, 6.07) is -2.08. The van der Waals surface area contributed by atoms with Crippen LogP contribution in [0.3, 0.4) is 0 Å². The van der Waals surface area contributed by atoms with Crippen LogP contribution in [0.2, 0.25) is 0 Å². The summed E-state index contributed by atoms with van der Waals surface area (Å²) in [5.41, 5.74) is 10.6. The maximum atomic E-state index is 12.5. The molecule has 0 saturated heterocycles. The normalized spacial score (nSPS) is 14.1. The molecule has 2 unspecified atom stereocenters. The summed E-state index contributed by atoms with van der Waals surface area (Å²) in [5, 5.41) is 8.32. The van der Waals surface area contributed by atoms with E-state index in [0.717, 1.165) is 6.42 Å². The Hall–Kier alpha value is -1.14. The minimum atomic E-state index is -0.937. The van der Waals surface area contributed by atoms with Gasteiger partial charge in [-0.05, 0) is 26.4 Å². The van der Waals surface area contributed by atoms with E-state index in [1.54, 1.807) is 7.05 Å². The van der Waals surface area contributed by atoms with Gasteiger partial charge < -0.3 is 27.4 Å². The van der Waals surface area contributed by atoms with E-state index >= 15 is 0 Å². The number of nitrogens with one attached hydrogen (secondary N) is 3. The summed E-state index contributed by atoms with van der Waals surface area (Å²) in [5.74, 6) is -0.907. The summed E-state index contributed by atoms with van der Waals surface area (Å²) in [4.78, 5) is 48.0. The van der Waals surface area contributed by atoms with Gasteiger partial charge in [0.15, 0.2) is 11.6 Å². The van der Waals surface area contributed by atoms with Crippen LogP contribution >= 0.6 is 25.3 Å². The van der Waals surface area contributed by atoms with E-state index in [2.05, 4.69) is 41.2 Å². The number of primary amides is 1. The highest BCUT2D eigenvalue weighted by molar-refractivity contribution is 7.80. The zero-order chi connectivity index (χ0) is 21.5. The average molecular weight is 436 g/mol. The number of carbonyl (C=O) groups is 4. The lowest BCUT2D eigenvalue weighted by Crippen LogP contribution is -2.52. The minimum Gasteiger partial charge on any atom is -0.370 e. The summed E-state index contributed by atoms with van der Waals surface area (Å²) in [6.07, 6.45) is 1.56. The highest BCUT2D eigenvalue weighted by Crippen LogP contribution is 2.03. The number of Topliss-reactive ketones (excluding diaryl/α,β-unsaturated/α-hetero) is 2. The Labute approximate surface area is 177 Å². The molecule has 7 N–H and O–H groups in total. The van der Waals surface area contributed by atoms with E-state index in [4.69, 9.17) is 11.5 Å². The molecule has 0 saturated carbocycles. The van der Waals surface area contributed by atoms with Crippen LogP contribution in [0.5, 0.6) is 0 Å². The SMILES string of the molecule is CNC(CS)C(=O)CCN[C@@H](CC(N)=O)C(=O)NC(CS)C(=O)CCCCN. The van der Waals surface area contributed by atoms with Gasteiger partial charge in [0.1, 0.15) is 0 Å². The highest BCUT2D eigenvalue weighted by Gasteiger charge is 2.26. The molecule has 9 nitrogen and oxygen atoms in total.